The van der Waals surface area contributed by atoms with Crippen molar-refractivity contribution in [3.63, 3.8) is 0 Å². The van der Waals surface area contributed by atoms with Gasteiger partial charge in [-0.3, -0.25) is 9.98 Å². The molecule has 2 aromatic rings. The molecule has 0 aliphatic carbocycles. The highest BCUT2D eigenvalue weighted by Gasteiger charge is 2.40. The lowest BCUT2D eigenvalue weighted by Crippen LogP contribution is -2.57. The van der Waals surface area contributed by atoms with Crippen LogP contribution in [-0.4, -0.2) is 54.9 Å². The average molecular weight is 488 g/mol. The van der Waals surface area contributed by atoms with Gasteiger partial charge in [0, 0.05) is 38.3 Å². The zero-order valence-electron chi connectivity index (χ0n) is 15.3. The van der Waals surface area contributed by atoms with Gasteiger partial charge < -0.3 is 10.2 Å². The lowest BCUT2D eigenvalue weighted by molar-refractivity contribution is 0.353. The van der Waals surface area contributed by atoms with Crippen molar-refractivity contribution in [2.45, 2.75) is 25.1 Å². The normalized spacial score (nSPS) is 19.0. The van der Waals surface area contributed by atoms with E-state index in [9.17, 15) is 8.42 Å². The summed E-state index contributed by atoms with van der Waals surface area (Å²) in [7, 11) is -1.34. The molecule has 0 amide bonds. The predicted octanol–water partition coefficient (Wildman–Crippen LogP) is 2.44. The average Bonchev–Trinajstić information content (AvgIpc) is 2.58. The molecule has 0 spiro atoms. The number of aromatic nitrogens is 1. The molecule has 1 aliphatic rings. The maximum Gasteiger partial charge on any atom is 0.193 e. The number of sulfone groups is 1. The molecule has 1 aliphatic heterocycles. The van der Waals surface area contributed by atoms with Crippen LogP contribution in [0.25, 0.3) is 10.9 Å². The Hall–Kier alpha value is -1.42. The molecule has 3 rings (SSSR count). The maximum absolute atomic E-state index is 12.2. The Morgan fingerprint density at radius 2 is 2.04 bits per heavy atom. The summed E-state index contributed by atoms with van der Waals surface area (Å²) < 4.78 is 23.6. The summed E-state index contributed by atoms with van der Waals surface area (Å²) in [6, 6.07) is 10.0. The molecule has 0 unspecified atom stereocenters. The molecule has 1 saturated heterocycles. The number of hydrogen-bond acceptors (Lipinski definition) is 4. The molecule has 0 bridgehead atoms. The molecule has 142 valence electrons. The van der Waals surface area contributed by atoms with E-state index in [0.29, 0.717) is 19.6 Å². The molecule has 0 saturated carbocycles. The number of rotatable bonds is 2. The minimum Gasteiger partial charge on any atom is -0.352 e. The number of nitrogens with zero attached hydrogens (tertiary/aromatic N) is 3. The van der Waals surface area contributed by atoms with Crippen molar-refractivity contribution in [1.29, 1.82) is 0 Å². The molecule has 1 aromatic carbocycles. The Balaban J connectivity index is 0.00000243. The van der Waals surface area contributed by atoms with Crippen molar-refractivity contribution in [2.75, 3.05) is 25.9 Å². The van der Waals surface area contributed by atoms with Crippen LogP contribution < -0.4 is 5.32 Å². The lowest BCUT2D eigenvalue weighted by Gasteiger charge is -2.39. The highest BCUT2D eigenvalue weighted by Crippen LogP contribution is 2.24. The molecular formula is C18H25IN4O2S. The first kappa shape index (κ1) is 20.9. The standard InChI is InChI=1S/C18H24N4O2S.HI/c1-18(2)13-22(10-11-25(18,23)24)17(19-3)21-12-14-8-9-20-16-7-5-4-6-15(14)16;/h4-9H,10-13H2,1-3H3,(H,19,21);1H. The summed E-state index contributed by atoms with van der Waals surface area (Å²) in [5.41, 5.74) is 2.10. The van der Waals surface area contributed by atoms with Crippen molar-refractivity contribution in [3.05, 3.63) is 42.1 Å². The second-order valence-corrected chi connectivity index (χ2v) is 9.63. The van der Waals surface area contributed by atoms with E-state index in [-0.39, 0.29) is 29.7 Å². The minimum atomic E-state index is -3.06. The number of hydrogen-bond donors (Lipinski definition) is 1. The number of guanidine groups is 1. The predicted molar refractivity (Wildman–Crippen MR) is 117 cm³/mol. The van der Waals surface area contributed by atoms with Gasteiger partial charge in [0.1, 0.15) is 0 Å². The highest BCUT2D eigenvalue weighted by atomic mass is 127. The van der Waals surface area contributed by atoms with Gasteiger partial charge in [-0.05, 0) is 31.5 Å². The largest absolute Gasteiger partial charge is 0.352 e. The van der Waals surface area contributed by atoms with E-state index in [4.69, 9.17) is 0 Å². The first-order chi connectivity index (χ1) is 11.8. The van der Waals surface area contributed by atoms with E-state index in [1.54, 1.807) is 27.1 Å². The summed E-state index contributed by atoms with van der Waals surface area (Å²) in [5.74, 6) is 0.877. The summed E-state index contributed by atoms with van der Waals surface area (Å²) >= 11 is 0. The first-order valence-electron chi connectivity index (χ1n) is 8.34. The Labute approximate surface area is 172 Å². The van der Waals surface area contributed by atoms with Crippen molar-refractivity contribution < 1.29 is 8.42 Å². The quantitative estimate of drug-likeness (QED) is 0.400. The van der Waals surface area contributed by atoms with Gasteiger partial charge in [0.15, 0.2) is 15.8 Å². The summed E-state index contributed by atoms with van der Waals surface area (Å²) in [5, 5.41) is 4.47. The third kappa shape index (κ3) is 4.11. The van der Waals surface area contributed by atoms with Gasteiger partial charge in [-0.15, -0.1) is 24.0 Å². The van der Waals surface area contributed by atoms with Crippen LogP contribution in [-0.2, 0) is 16.4 Å². The molecule has 0 atom stereocenters. The van der Waals surface area contributed by atoms with Gasteiger partial charge in [-0.25, -0.2) is 8.42 Å². The summed E-state index contributed by atoms with van der Waals surface area (Å²) in [4.78, 5) is 10.7. The van der Waals surface area contributed by atoms with E-state index in [1.165, 1.54) is 0 Å². The van der Waals surface area contributed by atoms with Crippen LogP contribution >= 0.6 is 24.0 Å². The fourth-order valence-corrected chi connectivity index (χ4v) is 4.51. The van der Waals surface area contributed by atoms with Crippen molar-refractivity contribution in [3.8, 4) is 0 Å². The fraction of sp³-hybridized carbons (Fsp3) is 0.444. The topological polar surface area (TPSA) is 74.7 Å². The number of halogens is 1. The lowest BCUT2D eigenvalue weighted by atomic mass is 10.1. The van der Waals surface area contributed by atoms with Gasteiger partial charge in [0.25, 0.3) is 0 Å². The van der Waals surface area contributed by atoms with Gasteiger partial charge in [-0.2, -0.15) is 0 Å². The molecule has 8 heteroatoms. The second-order valence-electron chi connectivity index (χ2n) is 6.89. The first-order valence-corrected chi connectivity index (χ1v) is 10.00. The number of pyridine rings is 1. The molecule has 0 radical (unpaired) electrons. The van der Waals surface area contributed by atoms with Crippen LogP contribution in [0.5, 0.6) is 0 Å². The zero-order chi connectivity index (χ0) is 18.1. The third-order valence-electron chi connectivity index (χ3n) is 4.73. The molecule has 1 fully saturated rings. The maximum atomic E-state index is 12.2. The van der Waals surface area contributed by atoms with E-state index in [1.807, 2.05) is 29.2 Å². The second kappa shape index (κ2) is 8.08. The van der Waals surface area contributed by atoms with Gasteiger partial charge in [0.2, 0.25) is 0 Å². The number of aliphatic imine (C=N–C) groups is 1. The van der Waals surface area contributed by atoms with Crippen LogP contribution in [0.15, 0.2) is 41.5 Å². The van der Waals surface area contributed by atoms with Crippen LogP contribution in [0.4, 0.5) is 0 Å². The fourth-order valence-electron chi connectivity index (χ4n) is 3.14. The molecular weight excluding hydrogens is 463 g/mol. The smallest absolute Gasteiger partial charge is 0.193 e. The Kier molecular flexibility index (Phi) is 6.49. The van der Waals surface area contributed by atoms with E-state index < -0.39 is 14.6 Å². The SMILES string of the molecule is CN=C(NCc1ccnc2ccccc12)N1CCS(=O)(=O)C(C)(C)C1.I. The van der Waals surface area contributed by atoms with Gasteiger partial charge >= 0.3 is 0 Å². The third-order valence-corrected chi connectivity index (χ3v) is 7.26. The Bertz CT molecular complexity index is 907. The molecule has 1 N–H and O–H groups in total. The summed E-state index contributed by atoms with van der Waals surface area (Å²) in [6.45, 7) is 5.06. The van der Waals surface area contributed by atoms with Crippen molar-refractivity contribution >= 4 is 50.7 Å². The monoisotopic (exact) mass is 488 g/mol. The molecule has 2 heterocycles. The number of fused-ring (bicyclic) bond motifs is 1. The molecule has 6 nitrogen and oxygen atoms in total. The zero-order valence-corrected chi connectivity index (χ0v) is 18.4. The van der Waals surface area contributed by atoms with Crippen LogP contribution in [0.2, 0.25) is 0 Å². The summed E-state index contributed by atoms with van der Waals surface area (Å²) in [6.07, 6.45) is 1.80. The number of para-hydroxylation sites is 1. The van der Waals surface area contributed by atoms with Crippen molar-refractivity contribution in [1.82, 2.24) is 15.2 Å². The van der Waals surface area contributed by atoms with E-state index in [0.717, 1.165) is 22.4 Å². The van der Waals surface area contributed by atoms with Crippen LogP contribution in [0.3, 0.4) is 0 Å². The van der Waals surface area contributed by atoms with Crippen LogP contribution in [0.1, 0.15) is 19.4 Å². The number of benzene rings is 1. The molecule has 1 aromatic heterocycles. The highest BCUT2D eigenvalue weighted by molar-refractivity contribution is 14.0. The minimum absolute atomic E-state index is 0. The Morgan fingerprint density at radius 3 is 2.73 bits per heavy atom. The Morgan fingerprint density at radius 1 is 1.31 bits per heavy atom. The van der Waals surface area contributed by atoms with Gasteiger partial charge in [-0.1, -0.05) is 18.2 Å². The van der Waals surface area contributed by atoms with Gasteiger partial charge in [0.05, 0.1) is 16.0 Å². The van der Waals surface area contributed by atoms with Crippen molar-refractivity contribution in [2.24, 2.45) is 4.99 Å². The molecule has 26 heavy (non-hydrogen) atoms. The number of nitrogens with one attached hydrogen (secondary N) is 1. The van der Waals surface area contributed by atoms with Crippen LogP contribution in [0, 0.1) is 0 Å². The van der Waals surface area contributed by atoms with E-state index in [2.05, 4.69) is 21.4 Å². The van der Waals surface area contributed by atoms with E-state index >= 15 is 0 Å².